The van der Waals surface area contributed by atoms with Gasteiger partial charge in [0.1, 0.15) is 9.84 Å². The molecule has 0 saturated heterocycles. The molecule has 4 nitrogen and oxygen atoms in total. The van der Waals surface area contributed by atoms with Crippen molar-refractivity contribution in [2.45, 2.75) is 26.3 Å². The van der Waals surface area contributed by atoms with Crippen LogP contribution in [0.3, 0.4) is 0 Å². The molecular weight excluding hydrogens is 248 g/mol. The van der Waals surface area contributed by atoms with E-state index < -0.39 is 9.84 Å². The Hall–Kier alpha value is -0.910. The lowest BCUT2D eigenvalue weighted by molar-refractivity contribution is 0.563. The van der Waals surface area contributed by atoms with Crippen LogP contribution in [0.2, 0.25) is 0 Å². The van der Waals surface area contributed by atoms with E-state index in [1.165, 1.54) is 11.8 Å². The second-order valence-corrected chi connectivity index (χ2v) is 7.34. The first kappa shape index (κ1) is 15.1. The van der Waals surface area contributed by atoms with Gasteiger partial charge in [-0.1, -0.05) is 38.1 Å². The maximum absolute atomic E-state index is 11.3. The standard InChI is InChI=1S/C13H22N2O2S/c1-10(2)7-11-5-4-6-12(8-11)13(15-14)9-18(3,16)17/h4-6,8,10,13,15H,7,9,14H2,1-3H3. The first-order valence-electron chi connectivity index (χ1n) is 6.04. The van der Waals surface area contributed by atoms with E-state index in [2.05, 4.69) is 25.3 Å². The lowest BCUT2D eigenvalue weighted by Crippen LogP contribution is -2.33. The van der Waals surface area contributed by atoms with Crippen LogP contribution in [0.25, 0.3) is 0 Å². The second kappa shape index (κ2) is 6.31. The van der Waals surface area contributed by atoms with Crippen LogP contribution in [-0.4, -0.2) is 20.4 Å². The predicted octanol–water partition coefficient (Wildman–Crippen LogP) is 1.43. The van der Waals surface area contributed by atoms with E-state index in [0.717, 1.165) is 12.0 Å². The molecule has 0 fully saturated rings. The number of nitrogens with two attached hydrogens (primary N) is 1. The minimum Gasteiger partial charge on any atom is -0.271 e. The summed E-state index contributed by atoms with van der Waals surface area (Å²) < 4.78 is 22.7. The predicted molar refractivity (Wildman–Crippen MR) is 74.8 cm³/mol. The SMILES string of the molecule is CC(C)Cc1cccc(C(CS(C)(=O)=O)NN)c1. The number of sulfone groups is 1. The summed E-state index contributed by atoms with van der Waals surface area (Å²) in [6, 6.07) is 7.57. The summed E-state index contributed by atoms with van der Waals surface area (Å²) in [4.78, 5) is 0. The number of hydrogen-bond donors (Lipinski definition) is 2. The number of rotatable bonds is 6. The summed E-state index contributed by atoms with van der Waals surface area (Å²) in [6.07, 6.45) is 2.19. The molecule has 0 amide bonds. The fourth-order valence-electron chi connectivity index (χ4n) is 1.95. The zero-order valence-electron chi connectivity index (χ0n) is 11.2. The molecule has 5 heteroatoms. The van der Waals surface area contributed by atoms with Crippen molar-refractivity contribution >= 4 is 9.84 Å². The van der Waals surface area contributed by atoms with Crippen LogP contribution in [-0.2, 0) is 16.3 Å². The molecule has 0 spiro atoms. The Balaban J connectivity index is 2.92. The van der Waals surface area contributed by atoms with E-state index >= 15 is 0 Å². The lowest BCUT2D eigenvalue weighted by atomic mass is 9.99. The van der Waals surface area contributed by atoms with E-state index in [9.17, 15) is 8.42 Å². The zero-order chi connectivity index (χ0) is 13.8. The van der Waals surface area contributed by atoms with Crippen LogP contribution < -0.4 is 11.3 Å². The van der Waals surface area contributed by atoms with Gasteiger partial charge >= 0.3 is 0 Å². The second-order valence-electron chi connectivity index (χ2n) is 5.15. The molecule has 1 rings (SSSR count). The van der Waals surface area contributed by atoms with Crippen molar-refractivity contribution in [2.75, 3.05) is 12.0 Å². The first-order chi connectivity index (χ1) is 8.31. The van der Waals surface area contributed by atoms with Gasteiger partial charge in [-0.05, 0) is 23.5 Å². The summed E-state index contributed by atoms with van der Waals surface area (Å²) in [5, 5.41) is 0. The molecule has 1 aromatic rings. The average molecular weight is 270 g/mol. The Morgan fingerprint density at radius 3 is 2.50 bits per heavy atom. The Labute approximate surface area is 109 Å². The van der Waals surface area contributed by atoms with Gasteiger partial charge in [-0.25, -0.2) is 8.42 Å². The smallest absolute Gasteiger partial charge is 0.149 e. The molecule has 1 atom stereocenters. The summed E-state index contributed by atoms with van der Waals surface area (Å²) in [5.74, 6) is 6.03. The maximum atomic E-state index is 11.3. The van der Waals surface area contributed by atoms with Gasteiger partial charge in [-0.15, -0.1) is 0 Å². The van der Waals surface area contributed by atoms with Crippen LogP contribution in [0, 0.1) is 5.92 Å². The Morgan fingerprint density at radius 1 is 1.33 bits per heavy atom. The first-order valence-corrected chi connectivity index (χ1v) is 8.10. The molecule has 0 radical (unpaired) electrons. The van der Waals surface area contributed by atoms with Gasteiger partial charge in [0.05, 0.1) is 11.8 Å². The van der Waals surface area contributed by atoms with Crippen LogP contribution in [0.15, 0.2) is 24.3 Å². The molecule has 0 aliphatic heterocycles. The van der Waals surface area contributed by atoms with Crippen LogP contribution in [0.1, 0.15) is 31.0 Å². The fraction of sp³-hybridized carbons (Fsp3) is 0.538. The third kappa shape index (κ3) is 5.16. The molecule has 0 aliphatic rings. The van der Waals surface area contributed by atoms with Crippen molar-refractivity contribution in [3.8, 4) is 0 Å². The molecule has 102 valence electrons. The van der Waals surface area contributed by atoms with Gasteiger partial charge in [-0.3, -0.25) is 11.3 Å². The minimum atomic E-state index is -3.06. The van der Waals surface area contributed by atoms with E-state index in [1.807, 2.05) is 18.2 Å². The minimum absolute atomic E-state index is 0.00856. The van der Waals surface area contributed by atoms with Gasteiger partial charge in [0.25, 0.3) is 0 Å². The highest BCUT2D eigenvalue weighted by atomic mass is 32.2. The van der Waals surface area contributed by atoms with Crippen molar-refractivity contribution in [3.63, 3.8) is 0 Å². The number of nitrogens with one attached hydrogen (secondary N) is 1. The van der Waals surface area contributed by atoms with Crippen molar-refractivity contribution < 1.29 is 8.42 Å². The quantitative estimate of drug-likeness (QED) is 0.606. The highest BCUT2D eigenvalue weighted by molar-refractivity contribution is 7.90. The highest BCUT2D eigenvalue weighted by Gasteiger charge is 2.16. The van der Waals surface area contributed by atoms with Gasteiger partial charge in [-0.2, -0.15) is 0 Å². The molecule has 18 heavy (non-hydrogen) atoms. The maximum Gasteiger partial charge on any atom is 0.149 e. The van der Waals surface area contributed by atoms with Crippen molar-refractivity contribution in [2.24, 2.45) is 11.8 Å². The molecule has 1 aromatic carbocycles. The van der Waals surface area contributed by atoms with Crippen LogP contribution in [0.5, 0.6) is 0 Å². The summed E-state index contributed by atoms with van der Waals surface area (Å²) in [5.41, 5.74) is 4.70. The fourth-order valence-corrected chi connectivity index (χ4v) is 2.85. The van der Waals surface area contributed by atoms with Crippen LogP contribution >= 0.6 is 0 Å². The van der Waals surface area contributed by atoms with Crippen molar-refractivity contribution in [1.29, 1.82) is 0 Å². The third-order valence-electron chi connectivity index (χ3n) is 2.67. The van der Waals surface area contributed by atoms with Crippen molar-refractivity contribution in [3.05, 3.63) is 35.4 Å². The van der Waals surface area contributed by atoms with Gasteiger partial charge < -0.3 is 0 Å². The Bertz CT molecular complexity index is 484. The molecule has 1 unspecified atom stereocenters. The molecule has 0 aromatic heterocycles. The number of hydrazine groups is 1. The van der Waals surface area contributed by atoms with E-state index in [-0.39, 0.29) is 11.8 Å². The lowest BCUT2D eigenvalue weighted by Gasteiger charge is -2.16. The van der Waals surface area contributed by atoms with E-state index in [1.54, 1.807) is 0 Å². The van der Waals surface area contributed by atoms with E-state index in [0.29, 0.717) is 5.92 Å². The van der Waals surface area contributed by atoms with Crippen molar-refractivity contribution in [1.82, 2.24) is 5.43 Å². The molecule has 0 heterocycles. The molecular formula is C13H22N2O2S. The summed E-state index contributed by atoms with van der Waals surface area (Å²) in [6.45, 7) is 4.31. The van der Waals surface area contributed by atoms with E-state index in [4.69, 9.17) is 5.84 Å². The molecule has 0 bridgehead atoms. The highest BCUT2D eigenvalue weighted by Crippen LogP contribution is 2.17. The molecule has 0 aliphatic carbocycles. The summed E-state index contributed by atoms with van der Waals surface area (Å²) >= 11 is 0. The Kier molecular flexibility index (Phi) is 5.31. The topological polar surface area (TPSA) is 72.2 Å². The third-order valence-corrected chi connectivity index (χ3v) is 3.61. The normalized spacial score (nSPS) is 13.8. The van der Waals surface area contributed by atoms with Gasteiger partial charge in [0.15, 0.2) is 0 Å². The Morgan fingerprint density at radius 2 is 2.00 bits per heavy atom. The largest absolute Gasteiger partial charge is 0.271 e. The monoisotopic (exact) mass is 270 g/mol. The number of hydrogen-bond acceptors (Lipinski definition) is 4. The van der Waals surface area contributed by atoms with Gasteiger partial charge in [0, 0.05) is 6.26 Å². The molecule has 0 saturated carbocycles. The average Bonchev–Trinajstić information content (AvgIpc) is 2.24. The van der Waals surface area contributed by atoms with Gasteiger partial charge in [0.2, 0.25) is 0 Å². The summed E-state index contributed by atoms with van der Waals surface area (Å²) in [7, 11) is -3.06. The molecule has 3 N–H and O–H groups in total. The van der Waals surface area contributed by atoms with Crippen LogP contribution in [0.4, 0.5) is 0 Å². The zero-order valence-corrected chi connectivity index (χ0v) is 12.0. The number of benzene rings is 1.